The lowest BCUT2D eigenvalue weighted by Crippen LogP contribution is -2.20. The van der Waals surface area contributed by atoms with Crippen LogP contribution in [0, 0.1) is 13.8 Å². The highest BCUT2D eigenvalue weighted by atomic mass is 35.5. The van der Waals surface area contributed by atoms with E-state index in [1.807, 2.05) is 0 Å². The van der Waals surface area contributed by atoms with Crippen molar-refractivity contribution in [3.63, 3.8) is 0 Å². The summed E-state index contributed by atoms with van der Waals surface area (Å²) < 4.78 is 64.8. The number of anilines is 2. The van der Waals surface area contributed by atoms with Gasteiger partial charge in [-0.3, -0.25) is 9.20 Å². The molecule has 1 amide bonds. The van der Waals surface area contributed by atoms with Crippen LogP contribution in [0.3, 0.4) is 0 Å². The minimum Gasteiger partial charge on any atom is -0.382 e. The second-order valence-electron chi connectivity index (χ2n) is 7.47. The predicted molar refractivity (Wildman–Crippen MR) is 122 cm³/mol. The molecule has 0 fully saturated rings. The van der Waals surface area contributed by atoms with Crippen LogP contribution in [0.1, 0.15) is 32.9 Å². The second-order valence-corrected chi connectivity index (χ2v) is 7.91. The Balaban J connectivity index is 1.77. The number of halogens is 4. The Labute approximate surface area is 201 Å². The Morgan fingerprint density at radius 1 is 1.29 bits per heavy atom. The number of carbonyl (C=O) groups excluding carboxylic acids is 1. The average molecular weight is 493 g/mol. The molecule has 176 valence electrons. The van der Waals surface area contributed by atoms with Gasteiger partial charge in [0.1, 0.15) is 28.5 Å². The van der Waals surface area contributed by atoms with E-state index in [1.54, 1.807) is 19.1 Å². The van der Waals surface area contributed by atoms with Gasteiger partial charge in [-0.05, 0) is 49.2 Å². The lowest BCUT2D eigenvalue weighted by molar-refractivity contribution is -0.142. The van der Waals surface area contributed by atoms with Crippen molar-refractivity contribution in [1.29, 1.82) is 0 Å². The number of alkyl halides is 3. The lowest BCUT2D eigenvalue weighted by Gasteiger charge is -2.14. The number of aryl methyl sites for hydroxylation is 2. The summed E-state index contributed by atoms with van der Waals surface area (Å²) in [6.07, 6.45) is -5.98. The minimum atomic E-state index is -4.93. The number of aromatic nitrogens is 3. The molecule has 7 nitrogen and oxygen atoms in total. The number of rotatable bonds is 4. The molecular formula is C23H19ClF3N5O2. The van der Waals surface area contributed by atoms with E-state index in [0.29, 0.717) is 21.2 Å². The topological polar surface area (TPSA) is 106 Å². The number of nitrogens with zero attached hydrogens (tertiary/aromatic N) is 3. The number of hydrogen-bond donors (Lipinski definition) is 3. The van der Waals surface area contributed by atoms with E-state index in [0.717, 1.165) is 0 Å². The highest BCUT2D eigenvalue weighted by Gasteiger charge is 2.36. The zero-order valence-electron chi connectivity index (χ0n) is 20.5. The van der Waals surface area contributed by atoms with Gasteiger partial charge in [0.25, 0.3) is 5.91 Å². The number of benzene rings is 2. The van der Waals surface area contributed by atoms with Crippen LogP contribution in [-0.2, 0) is 11.0 Å². The van der Waals surface area contributed by atoms with Crippen LogP contribution >= 0.6 is 11.6 Å². The molecule has 0 radical (unpaired) electrons. The molecule has 2 heterocycles. The molecule has 2 aromatic carbocycles. The first kappa shape index (κ1) is 19.8. The smallest absolute Gasteiger partial charge is 0.382 e. The maximum absolute atomic E-state index is 13.7. The number of nitrogens with two attached hydrogens (primary N) is 1. The van der Waals surface area contributed by atoms with Gasteiger partial charge in [0.2, 0.25) is 0 Å². The van der Waals surface area contributed by atoms with Gasteiger partial charge in [-0.2, -0.15) is 13.2 Å². The molecule has 4 N–H and O–H groups in total. The SMILES string of the molecule is [2H]C([2H])([2H])c1nc(-c2ccc(NC(=O)C(O)c3cccc(Cl)c3)cc2C)c2c(N)ncc(C(F)(F)F)n12. The Hall–Kier alpha value is -3.63. The number of aliphatic hydroxyl groups excluding tert-OH is 1. The first-order valence-electron chi connectivity index (χ1n) is 11.3. The summed E-state index contributed by atoms with van der Waals surface area (Å²) in [6.45, 7) is -1.40. The number of imidazole rings is 1. The van der Waals surface area contributed by atoms with E-state index in [9.17, 15) is 23.1 Å². The average Bonchev–Trinajstić information content (AvgIpc) is 3.19. The van der Waals surface area contributed by atoms with Crippen LogP contribution < -0.4 is 11.1 Å². The van der Waals surface area contributed by atoms with Gasteiger partial charge < -0.3 is 16.2 Å². The molecule has 1 unspecified atom stereocenters. The molecule has 0 aliphatic heterocycles. The Bertz CT molecular complexity index is 1520. The molecule has 0 saturated carbocycles. The lowest BCUT2D eigenvalue weighted by atomic mass is 10.0. The normalized spacial score (nSPS) is 14.4. The monoisotopic (exact) mass is 492 g/mol. The fourth-order valence-electron chi connectivity index (χ4n) is 3.57. The standard InChI is InChI=1S/C23H19ClF3N5O2/c1-11-8-15(31-22(34)20(33)13-4-3-5-14(24)9-13)6-7-16(11)18-19-21(28)29-10-17(23(25,26)27)32(19)12(2)30-18/h3-10,20,33H,1-2H3,(H2,28,29)(H,31,34)/i2D3. The van der Waals surface area contributed by atoms with E-state index >= 15 is 0 Å². The molecular weight excluding hydrogens is 471 g/mol. The molecule has 11 heteroatoms. The molecule has 0 aliphatic rings. The second kappa shape index (κ2) is 8.62. The van der Waals surface area contributed by atoms with Crippen LogP contribution in [0.2, 0.25) is 5.02 Å². The van der Waals surface area contributed by atoms with Crippen LogP contribution in [0.15, 0.2) is 48.7 Å². The predicted octanol–water partition coefficient (Wildman–Crippen LogP) is 4.94. The largest absolute Gasteiger partial charge is 0.433 e. The number of fused-ring (bicyclic) bond motifs is 1. The molecule has 2 aromatic heterocycles. The van der Waals surface area contributed by atoms with Gasteiger partial charge >= 0.3 is 6.18 Å². The Kier molecular flexibility index (Phi) is 5.02. The van der Waals surface area contributed by atoms with E-state index < -0.39 is 36.6 Å². The highest BCUT2D eigenvalue weighted by molar-refractivity contribution is 6.30. The maximum atomic E-state index is 13.7. The summed E-state index contributed by atoms with van der Waals surface area (Å²) >= 11 is 5.91. The van der Waals surface area contributed by atoms with Crippen molar-refractivity contribution in [3.8, 4) is 11.3 Å². The Morgan fingerprint density at radius 2 is 2.06 bits per heavy atom. The molecule has 0 aliphatic carbocycles. The number of nitrogen functional groups attached to an aromatic ring is 1. The fraction of sp³-hybridized carbons (Fsp3) is 0.174. The third-order valence-corrected chi connectivity index (χ3v) is 5.37. The summed E-state index contributed by atoms with van der Waals surface area (Å²) in [4.78, 5) is 20.2. The summed E-state index contributed by atoms with van der Waals surface area (Å²) in [6, 6.07) is 10.5. The van der Waals surface area contributed by atoms with Crippen LogP contribution in [0.25, 0.3) is 16.8 Å². The first-order valence-corrected chi connectivity index (χ1v) is 10.2. The number of hydrogen-bond acceptors (Lipinski definition) is 5. The highest BCUT2D eigenvalue weighted by Crippen LogP contribution is 2.36. The van der Waals surface area contributed by atoms with Crippen molar-refractivity contribution in [2.75, 3.05) is 11.1 Å². The van der Waals surface area contributed by atoms with E-state index in [4.69, 9.17) is 21.4 Å². The van der Waals surface area contributed by atoms with Gasteiger partial charge in [-0.15, -0.1) is 0 Å². The van der Waals surface area contributed by atoms with Crippen molar-refractivity contribution in [1.82, 2.24) is 14.4 Å². The van der Waals surface area contributed by atoms with Crippen LogP contribution in [-0.4, -0.2) is 25.4 Å². The van der Waals surface area contributed by atoms with Gasteiger partial charge in [0.15, 0.2) is 6.10 Å². The van der Waals surface area contributed by atoms with E-state index in [2.05, 4.69) is 15.3 Å². The fourth-order valence-corrected chi connectivity index (χ4v) is 3.77. The molecule has 0 bridgehead atoms. The van der Waals surface area contributed by atoms with Crippen LogP contribution in [0.5, 0.6) is 0 Å². The van der Waals surface area contributed by atoms with Gasteiger partial charge in [0, 0.05) is 20.4 Å². The van der Waals surface area contributed by atoms with Gasteiger partial charge in [0.05, 0.1) is 6.20 Å². The zero-order valence-corrected chi connectivity index (χ0v) is 18.2. The van der Waals surface area contributed by atoms with Crippen molar-refractivity contribution in [3.05, 3.63) is 76.3 Å². The third-order valence-electron chi connectivity index (χ3n) is 5.14. The quantitative estimate of drug-likeness (QED) is 0.374. The number of carbonyl (C=O) groups is 1. The number of amides is 1. The summed E-state index contributed by atoms with van der Waals surface area (Å²) in [5.74, 6) is -1.90. The molecule has 1 atom stereocenters. The van der Waals surface area contributed by atoms with Crippen molar-refractivity contribution < 1.29 is 27.2 Å². The third kappa shape index (κ3) is 4.29. The minimum absolute atomic E-state index is 0.114. The van der Waals surface area contributed by atoms with Crippen molar-refractivity contribution >= 4 is 34.5 Å². The maximum Gasteiger partial charge on any atom is 0.433 e. The summed E-state index contributed by atoms with van der Waals surface area (Å²) in [7, 11) is 0. The molecule has 0 saturated heterocycles. The van der Waals surface area contributed by atoms with Crippen LogP contribution in [0.4, 0.5) is 24.7 Å². The zero-order chi connectivity index (χ0) is 27.3. The summed E-state index contributed by atoms with van der Waals surface area (Å²) in [5.41, 5.74) is 5.39. The molecule has 4 rings (SSSR count). The van der Waals surface area contributed by atoms with Gasteiger partial charge in [-0.1, -0.05) is 29.8 Å². The van der Waals surface area contributed by atoms with Crippen molar-refractivity contribution in [2.24, 2.45) is 0 Å². The Morgan fingerprint density at radius 3 is 2.71 bits per heavy atom. The number of aliphatic hydroxyl groups is 1. The molecule has 34 heavy (non-hydrogen) atoms. The molecule has 4 aromatic rings. The van der Waals surface area contributed by atoms with E-state index in [-0.39, 0.29) is 33.8 Å². The number of nitrogens with one attached hydrogen (secondary N) is 1. The molecule has 0 spiro atoms. The van der Waals surface area contributed by atoms with Gasteiger partial charge in [-0.25, -0.2) is 9.97 Å². The summed E-state index contributed by atoms with van der Waals surface area (Å²) in [5, 5.41) is 13.2. The van der Waals surface area contributed by atoms with E-state index in [1.165, 1.54) is 30.3 Å². The van der Waals surface area contributed by atoms with Crippen molar-refractivity contribution in [2.45, 2.75) is 26.1 Å². The first-order chi connectivity index (χ1) is 17.2.